The fourth-order valence-corrected chi connectivity index (χ4v) is 3.95. The normalized spacial score (nSPS) is 16.3. The maximum Gasteiger partial charge on any atom is 0.319 e. The zero-order valence-electron chi connectivity index (χ0n) is 18.0. The molecule has 0 bridgehead atoms. The number of aryl methyl sites for hydroxylation is 1. The minimum atomic E-state index is -0.881. The van der Waals surface area contributed by atoms with Gasteiger partial charge in [0.15, 0.2) is 0 Å². The van der Waals surface area contributed by atoms with E-state index >= 15 is 0 Å². The first-order chi connectivity index (χ1) is 13.9. The van der Waals surface area contributed by atoms with Gasteiger partial charge in [-0.1, -0.05) is 51.2 Å². The average Bonchev–Trinajstić information content (AvgIpc) is 2.68. The fraction of sp³-hybridized carbons (Fsp3) is 0.652. The highest BCUT2D eigenvalue weighted by molar-refractivity contribution is 5.90. The van der Waals surface area contributed by atoms with E-state index in [-0.39, 0.29) is 12.5 Å². The Morgan fingerprint density at radius 3 is 2.28 bits per heavy atom. The van der Waals surface area contributed by atoms with Crippen molar-refractivity contribution < 1.29 is 14.7 Å². The maximum atomic E-state index is 12.5. The van der Waals surface area contributed by atoms with Crippen molar-refractivity contribution in [1.29, 1.82) is 0 Å². The number of hydrogen-bond acceptors (Lipinski definition) is 3. The third-order valence-electron chi connectivity index (χ3n) is 5.84. The van der Waals surface area contributed by atoms with Crippen molar-refractivity contribution in [1.82, 2.24) is 10.2 Å². The highest BCUT2D eigenvalue weighted by atomic mass is 16.4. The van der Waals surface area contributed by atoms with E-state index in [0.29, 0.717) is 12.8 Å². The van der Waals surface area contributed by atoms with E-state index in [2.05, 4.69) is 34.6 Å². The number of carboxylic acid groups (broad SMARTS) is 1. The number of hydrogen-bond donors (Lipinski definition) is 3. The van der Waals surface area contributed by atoms with Gasteiger partial charge in [0.1, 0.15) is 0 Å². The van der Waals surface area contributed by atoms with Crippen LogP contribution in [0.4, 0.5) is 10.5 Å². The van der Waals surface area contributed by atoms with Crippen LogP contribution in [0.25, 0.3) is 0 Å². The number of benzene rings is 1. The molecule has 1 aromatic carbocycles. The van der Waals surface area contributed by atoms with Gasteiger partial charge in [0.2, 0.25) is 0 Å². The molecule has 2 rings (SSSR count). The molecule has 1 fully saturated rings. The number of anilines is 1. The Morgan fingerprint density at radius 2 is 1.66 bits per heavy atom. The van der Waals surface area contributed by atoms with Crippen molar-refractivity contribution in [2.75, 3.05) is 25.5 Å². The summed E-state index contributed by atoms with van der Waals surface area (Å²) in [6.45, 7) is 3.79. The molecule has 1 heterocycles. The molecule has 0 unspecified atom stereocenters. The Hall–Kier alpha value is -2.08. The zero-order valence-corrected chi connectivity index (χ0v) is 18.0. The number of nitrogens with zero attached hydrogens (tertiary/aromatic N) is 1. The van der Waals surface area contributed by atoms with Crippen LogP contribution >= 0.6 is 0 Å². The summed E-state index contributed by atoms with van der Waals surface area (Å²) in [6.07, 6.45) is 9.99. The Labute approximate surface area is 175 Å². The molecule has 1 saturated heterocycles. The summed E-state index contributed by atoms with van der Waals surface area (Å²) in [5, 5.41) is 15.1. The maximum absolute atomic E-state index is 12.5. The third kappa shape index (κ3) is 8.44. The molecule has 3 N–H and O–H groups in total. The Kier molecular flexibility index (Phi) is 9.45. The minimum Gasteiger partial charge on any atom is -0.481 e. The summed E-state index contributed by atoms with van der Waals surface area (Å²) < 4.78 is 0. The molecular weight excluding hydrogens is 366 g/mol. The Morgan fingerprint density at radius 1 is 1.03 bits per heavy atom. The number of carbonyl (C=O) groups excluding carboxylic acids is 1. The van der Waals surface area contributed by atoms with Gasteiger partial charge in [0, 0.05) is 18.8 Å². The van der Waals surface area contributed by atoms with E-state index in [0.717, 1.165) is 25.2 Å². The summed E-state index contributed by atoms with van der Waals surface area (Å²) in [7, 11) is 2.01. The standard InChI is InChI=1S/C23H37N3O3/c1-3-4-5-6-7-8-9-19-10-12-20(13-11-19)24-22(29)25-23(18-21(27)28)14-16-26(2)17-15-23/h10-13H,3-9,14-18H2,1-2H3,(H,27,28)(H2,24,25,29). The largest absolute Gasteiger partial charge is 0.481 e. The highest BCUT2D eigenvalue weighted by Gasteiger charge is 2.37. The zero-order chi connectivity index (χ0) is 21.1. The van der Waals surface area contributed by atoms with Gasteiger partial charge in [-0.25, -0.2) is 4.79 Å². The number of piperidine rings is 1. The smallest absolute Gasteiger partial charge is 0.319 e. The van der Waals surface area contributed by atoms with E-state index in [1.165, 1.54) is 44.1 Å². The molecule has 162 valence electrons. The number of unbranched alkanes of at least 4 members (excludes halogenated alkanes) is 5. The number of amides is 2. The van der Waals surface area contributed by atoms with E-state index in [4.69, 9.17) is 0 Å². The predicted molar refractivity (Wildman–Crippen MR) is 117 cm³/mol. The first kappa shape index (κ1) is 23.2. The van der Waals surface area contributed by atoms with Crippen LogP contribution in [0.1, 0.15) is 70.3 Å². The lowest BCUT2D eigenvalue weighted by Crippen LogP contribution is -2.56. The van der Waals surface area contributed by atoms with Crippen LogP contribution in [0, 0.1) is 0 Å². The molecule has 1 aliphatic heterocycles. The van der Waals surface area contributed by atoms with Gasteiger partial charge in [0.25, 0.3) is 0 Å². The van der Waals surface area contributed by atoms with Crippen LogP contribution in [0.15, 0.2) is 24.3 Å². The van der Waals surface area contributed by atoms with Crippen molar-refractivity contribution in [2.45, 2.75) is 76.7 Å². The summed E-state index contributed by atoms with van der Waals surface area (Å²) in [5.41, 5.74) is 1.33. The number of carbonyl (C=O) groups is 2. The molecule has 0 saturated carbocycles. The molecule has 2 amide bonds. The first-order valence-corrected chi connectivity index (χ1v) is 11.0. The van der Waals surface area contributed by atoms with Crippen LogP contribution in [-0.4, -0.2) is 47.7 Å². The second kappa shape index (κ2) is 11.8. The van der Waals surface area contributed by atoms with Crippen LogP contribution in [0.3, 0.4) is 0 Å². The van der Waals surface area contributed by atoms with E-state index in [1.807, 2.05) is 19.2 Å². The number of aliphatic carboxylic acids is 1. The van der Waals surface area contributed by atoms with Crippen molar-refractivity contribution in [3.8, 4) is 0 Å². The van der Waals surface area contributed by atoms with Crippen molar-refractivity contribution in [2.24, 2.45) is 0 Å². The lowest BCUT2D eigenvalue weighted by molar-refractivity contribution is -0.139. The van der Waals surface area contributed by atoms with Crippen molar-refractivity contribution in [3.63, 3.8) is 0 Å². The quantitative estimate of drug-likeness (QED) is 0.470. The second-order valence-electron chi connectivity index (χ2n) is 8.45. The molecule has 29 heavy (non-hydrogen) atoms. The monoisotopic (exact) mass is 403 g/mol. The molecule has 6 heteroatoms. The molecule has 1 aliphatic rings. The Balaban J connectivity index is 1.80. The van der Waals surface area contributed by atoms with Crippen LogP contribution < -0.4 is 10.6 Å². The average molecular weight is 404 g/mol. The Bertz CT molecular complexity index is 637. The van der Waals surface area contributed by atoms with Gasteiger partial charge < -0.3 is 20.6 Å². The fourth-order valence-electron chi connectivity index (χ4n) is 3.95. The number of rotatable bonds is 11. The minimum absolute atomic E-state index is 0.0501. The van der Waals surface area contributed by atoms with Gasteiger partial charge in [-0.05, 0) is 50.4 Å². The number of carboxylic acids is 1. The van der Waals surface area contributed by atoms with Gasteiger partial charge >= 0.3 is 12.0 Å². The summed E-state index contributed by atoms with van der Waals surface area (Å²) in [4.78, 5) is 26.0. The SMILES string of the molecule is CCCCCCCCc1ccc(NC(=O)NC2(CC(=O)O)CCN(C)CC2)cc1. The van der Waals surface area contributed by atoms with Crippen molar-refractivity contribution in [3.05, 3.63) is 29.8 Å². The second-order valence-corrected chi connectivity index (χ2v) is 8.45. The molecule has 0 aliphatic carbocycles. The topological polar surface area (TPSA) is 81.7 Å². The first-order valence-electron chi connectivity index (χ1n) is 11.0. The number of urea groups is 1. The van der Waals surface area contributed by atoms with E-state index in [1.54, 1.807) is 0 Å². The molecule has 0 atom stereocenters. The van der Waals surface area contributed by atoms with E-state index < -0.39 is 11.5 Å². The number of likely N-dealkylation sites (tertiary alicyclic amines) is 1. The molecule has 0 radical (unpaired) electrons. The highest BCUT2D eigenvalue weighted by Crippen LogP contribution is 2.25. The summed E-state index contributed by atoms with van der Waals surface area (Å²) in [6, 6.07) is 7.63. The van der Waals surface area contributed by atoms with Gasteiger partial charge in [-0.2, -0.15) is 0 Å². The molecular formula is C23H37N3O3. The molecule has 0 spiro atoms. The van der Waals surface area contributed by atoms with Gasteiger partial charge in [-0.15, -0.1) is 0 Å². The van der Waals surface area contributed by atoms with Crippen LogP contribution in [0.5, 0.6) is 0 Å². The molecule has 1 aromatic rings. The summed E-state index contributed by atoms with van der Waals surface area (Å²) in [5.74, 6) is -0.881. The lowest BCUT2D eigenvalue weighted by Gasteiger charge is -2.40. The molecule has 6 nitrogen and oxygen atoms in total. The predicted octanol–water partition coefficient (Wildman–Crippen LogP) is 4.65. The number of nitrogens with one attached hydrogen (secondary N) is 2. The summed E-state index contributed by atoms with van der Waals surface area (Å²) >= 11 is 0. The van der Waals surface area contributed by atoms with Crippen LogP contribution in [0.2, 0.25) is 0 Å². The van der Waals surface area contributed by atoms with E-state index in [9.17, 15) is 14.7 Å². The van der Waals surface area contributed by atoms with Crippen molar-refractivity contribution >= 4 is 17.7 Å². The van der Waals surface area contributed by atoms with Crippen LogP contribution in [-0.2, 0) is 11.2 Å². The van der Waals surface area contributed by atoms with Gasteiger partial charge in [0.05, 0.1) is 12.0 Å². The lowest BCUT2D eigenvalue weighted by atomic mass is 9.84. The van der Waals surface area contributed by atoms with Gasteiger partial charge in [-0.3, -0.25) is 4.79 Å². The third-order valence-corrected chi connectivity index (χ3v) is 5.84. The molecule has 0 aromatic heterocycles.